The Bertz CT molecular complexity index is 828. The van der Waals surface area contributed by atoms with Gasteiger partial charge in [0.2, 0.25) is 0 Å². The van der Waals surface area contributed by atoms with Crippen molar-refractivity contribution in [3.8, 4) is 0 Å². The first-order chi connectivity index (χ1) is 8.72. The van der Waals surface area contributed by atoms with Crippen LogP contribution >= 0.6 is 38.6 Å². The monoisotopic (exact) mass is 328 g/mol. The Kier molecular flexibility index (Phi) is 2.35. The molecule has 0 bridgehead atoms. The highest BCUT2D eigenvalue weighted by Crippen LogP contribution is 2.44. The Hall–Kier alpha value is -0.835. The van der Waals surface area contributed by atoms with E-state index in [0.29, 0.717) is 0 Å². The van der Waals surface area contributed by atoms with Gasteiger partial charge in [0.1, 0.15) is 7.85 Å². The third-order valence-electron chi connectivity index (χ3n) is 3.07. The topological polar surface area (TPSA) is 0 Å². The fraction of sp³-hybridized carbons (Fsp3) is 0. The van der Waals surface area contributed by atoms with Gasteiger partial charge in [-0.2, -0.15) is 0 Å². The molecular formula is C14H6BBrS2. The molecule has 84 valence electrons. The summed E-state index contributed by atoms with van der Waals surface area (Å²) in [5, 5.41) is 2.67. The Morgan fingerprint density at radius 3 is 2.17 bits per heavy atom. The maximum atomic E-state index is 5.85. The number of halogens is 1. The summed E-state index contributed by atoms with van der Waals surface area (Å²) in [5.41, 5.74) is 0.837. The van der Waals surface area contributed by atoms with Crippen molar-refractivity contribution in [1.82, 2.24) is 0 Å². The normalized spacial score (nSPS) is 11.8. The van der Waals surface area contributed by atoms with Crippen molar-refractivity contribution in [2.24, 2.45) is 0 Å². The highest BCUT2D eigenvalue weighted by molar-refractivity contribution is 9.10. The van der Waals surface area contributed by atoms with E-state index in [-0.39, 0.29) is 0 Å². The van der Waals surface area contributed by atoms with Crippen LogP contribution in [0.3, 0.4) is 0 Å². The fourth-order valence-electron chi connectivity index (χ4n) is 2.25. The summed E-state index contributed by atoms with van der Waals surface area (Å²) in [7, 11) is 5.85. The standard InChI is InChI=1S/C14H6BBrS2/c15-7-1-3-9-11(5-7)17-14-10-4-2-8(16)6-12(10)18-13(9)14/h1-6H. The van der Waals surface area contributed by atoms with Crippen molar-refractivity contribution >= 4 is 81.5 Å². The molecule has 0 fully saturated rings. The van der Waals surface area contributed by atoms with Crippen molar-refractivity contribution in [3.05, 3.63) is 40.9 Å². The van der Waals surface area contributed by atoms with Crippen molar-refractivity contribution in [2.75, 3.05) is 0 Å². The summed E-state index contributed by atoms with van der Waals surface area (Å²) in [6.07, 6.45) is 0. The van der Waals surface area contributed by atoms with Crippen LogP contribution in [-0.4, -0.2) is 7.85 Å². The molecule has 4 rings (SSSR count). The second-order valence-electron chi connectivity index (χ2n) is 4.26. The van der Waals surface area contributed by atoms with Crippen LogP contribution in [0.25, 0.3) is 29.6 Å². The molecule has 0 unspecified atom stereocenters. The average Bonchev–Trinajstić information content (AvgIpc) is 2.83. The van der Waals surface area contributed by atoms with Crippen LogP contribution in [0.15, 0.2) is 40.9 Å². The Morgan fingerprint density at radius 1 is 0.833 bits per heavy atom. The van der Waals surface area contributed by atoms with Gasteiger partial charge in [0.15, 0.2) is 0 Å². The second kappa shape index (κ2) is 3.83. The van der Waals surface area contributed by atoms with Crippen molar-refractivity contribution in [2.45, 2.75) is 0 Å². The Labute approximate surface area is 122 Å². The minimum atomic E-state index is 0.837. The van der Waals surface area contributed by atoms with E-state index >= 15 is 0 Å². The van der Waals surface area contributed by atoms with E-state index < -0.39 is 0 Å². The van der Waals surface area contributed by atoms with Crippen LogP contribution in [0.4, 0.5) is 0 Å². The number of fused-ring (bicyclic) bond motifs is 5. The second-order valence-corrected chi connectivity index (χ2v) is 7.28. The number of hydrogen-bond acceptors (Lipinski definition) is 2. The van der Waals surface area contributed by atoms with E-state index in [1.54, 1.807) is 0 Å². The number of rotatable bonds is 0. The molecule has 0 aliphatic heterocycles. The third kappa shape index (κ3) is 1.49. The van der Waals surface area contributed by atoms with Crippen LogP contribution in [-0.2, 0) is 0 Å². The van der Waals surface area contributed by atoms with Gasteiger partial charge in [-0.3, -0.25) is 0 Å². The average molecular weight is 329 g/mol. The highest BCUT2D eigenvalue weighted by Gasteiger charge is 2.11. The van der Waals surface area contributed by atoms with E-state index in [4.69, 9.17) is 7.85 Å². The zero-order chi connectivity index (χ0) is 12.3. The molecule has 2 heterocycles. The Balaban J connectivity index is 2.23. The van der Waals surface area contributed by atoms with Gasteiger partial charge >= 0.3 is 0 Å². The lowest BCUT2D eigenvalue weighted by Gasteiger charge is -1.93. The van der Waals surface area contributed by atoms with Gasteiger partial charge in [-0.15, -0.1) is 22.7 Å². The molecule has 2 aromatic heterocycles. The van der Waals surface area contributed by atoms with E-state index in [1.807, 2.05) is 28.7 Å². The van der Waals surface area contributed by atoms with Crippen molar-refractivity contribution < 1.29 is 0 Å². The fourth-order valence-corrected chi connectivity index (χ4v) is 5.50. The molecule has 2 radical (unpaired) electrons. The van der Waals surface area contributed by atoms with Gasteiger partial charge in [0.05, 0.1) is 9.40 Å². The molecule has 0 nitrogen and oxygen atoms in total. The summed E-state index contributed by atoms with van der Waals surface area (Å²) in [5.74, 6) is 0. The van der Waals surface area contributed by atoms with Gasteiger partial charge < -0.3 is 0 Å². The smallest absolute Gasteiger partial charge is 0.113 e. The number of hydrogen-bond donors (Lipinski definition) is 0. The number of benzene rings is 2. The summed E-state index contributed by atoms with van der Waals surface area (Å²) in [4.78, 5) is 0. The molecular weight excluding hydrogens is 323 g/mol. The maximum absolute atomic E-state index is 5.85. The SMILES string of the molecule is [B]c1ccc2c(c1)sc1c3ccc(Br)cc3sc21. The third-order valence-corrected chi connectivity index (χ3v) is 6.06. The van der Waals surface area contributed by atoms with Gasteiger partial charge in [0, 0.05) is 24.6 Å². The van der Waals surface area contributed by atoms with Crippen LogP contribution < -0.4 is 5.46 Å². The minimum Gasteiger partial charge on any atom is -0.134 e. The molecule has 0 aliphatic carbocycles. The van der Waals surface area contributed by atoms with E-state index in [0.717, 1.165) is 9.94 Å². The van der Waals surface area contributed by atoms with E-state index in [9.17, 15) is 0 Å². The summed E-state index contributed by atoms with van der Waals surface area (Å²) >= 11 is 7.22. The first-order valence-electron chi connectivity index (χ1n) is 5.52. The van der Waals surface area contributed by atoms with E-state index in [2.05, 4.69) is 46.3 Å². The molecule has 0 saturated carbocycles. The lowest BCUT2D eigenvalue weighted by atomic mass is 9.96. The van der Waals surface area contributed by atoms with Crippen molar-refractivity contribution in [1.29, 1.82) is 0 Å². The van der Waals surface area contributed by atoms with Gasteiger partial charge in [-0.25, -0.2) is 0 Å². The molecule has 4 aromatic rings. The highest BCUT2D eigenvalue weighted by atomic mass is 79.9. The Morgan fingerprint density at radius 2 is 1.44 bits per heavy atom. The molecule has 0 amide bonds. The van der Waals surface area contributed by atoms with Crippen LogP contribution in [0.5, 0.6) is 0 Å². The molecule has 0 saturated heterocycles. The van der Waals surface area contributed by atoms with Crippen molar-refractivity contribution in [3.63, 3.8) is 0 Å². The maximum Gasteiger partial charge on any atom is 0.113 e. The zero-order valence-electron chi connectivity index (χ0n) is 9.24. The summed E-state index contributed by atoms with van der Waals surface area (Å²) < 4.78 is 6.51. The number of thiophene rings is 2. The first kappa shape index (κ1) is 11.0. The van der Waals surface area contributed by atoms with Gasteiger partial charge in [0.25, 0.3) is 0 Å². The predicted octanol–water partition coefficient (Wildman–Crippen LogP) is 4.83. The predicted molar refractivity (Wildman–Crippen MR) is 87.8 cm³/mol. The van der Waals surface area contributed by atoms with E-state index in [1.165, 1.54) is 29.6 Å². The van der Waals surface area contributed by atoms with Gasteiger partial charge in [-0.1, -0.05) is 45.7 Å². The van der Waals surface area contributed by atoms with Crippen LogP contribution in [0.1, 0.15) is 0 Å². The summed E-state index contributed by atoms with van der Waals surface area (Å²) in [6.45, 7) is 0. The minimum absolute atomic E-state index is 0.837. The largest absolute Gasteiger partial charge is 0.134 e. The molecule has 0 aliphatic rings. The molecule has 0 N–H and O–H groups in total. The van der Waals surface area contributed by atoms with Crippen LogP contribution in [0.2, 0.25) is 0 Å². The molecule has 0 atom stereocenters. The first-order valence-corrected chi connectivity index (χ1v) is 7.95. The van der Waals surface area contributed by atoms with Crippen LogP contribution in [0, 0.1) is 0 Å². The zero-order valence-corrected chi connectivity index (χ0v) is 12.5. The molecule has 0 spiro atoms. The lowest BCUT2D eigenvalue weighted by molar-refractivity contribution is 1.78. The molecule has 4 heteroatoms. The van der Waals surface area contributed by atoms with Gasteiger partial charge in [-0.05, 0) is 12.1 Å². The summed E-state index contributed by atoms with van der Waals surface area (Å²) in [6, 6.07) is 12.7. The quantitative estimate of drug-likeness (QED) is 0.406. The molecule has 18 heavy (non-hydrogen) atoms. The molecule has 2 aromatic carbocycles. The lowest BCUT2D eigenvalue weighted by Crippen LogP contribution is -1.98.